The number of pyridine rings is 2. The van der Waals surface area contributed by atoms with E-state index in [1.54, 1.807) is 13.3 Å². The first-order valence-electron chi connectivity index (χ1n) is 8.84. The van der Waals surface area contributed by atoms with Gasteiger partial charge < -0.3 is 9.29 Å². The molecule has 168 valence electrons. The number of anilines is 2. The minimum Gasteiger partial charge on any atom is -0.741 e. The number of methoxy groups -OCH3 is 1. The van der Waals surface area contributed by atoms with E-state index in [1.165, 1.54) is 0 Å². The highest BCUT2D eigenvalue weighted by molar-refractivity contribution is 7.86. The van der Waals surface area contributed by atoms with Crippen LogP contribution in [0.15, 0.2) is 73.1 Å². The van der Waals surface area contributed by atoms with Crippen LogP contribution in [0.4, 0.5) is 24.8 Å². The highest BCUT2D eigenvalue weighted by Gasteiger charge is 2.36. The van der Waals surface area contributed by atoms with Crippen molar-refractivity contribution in [2.75, 3.05) is 12.4 Å². The zero-order valence-electron chi connectivity index (χ0n) is 16.4. The molecule has 0 radical (unpaired) electrons. The van der Waals surface area contributed by atoms with Crippen LogP contribution < -0.4 is 14.5 Å². The van der Waals surface area contributed by atoms with E-state index in [9.17, 15) is 13.2 Å². The third-order valence-corrected chi connectivity index (χ3v) is 4.54. The molecule has 9 nitrogen and oxygen atoms in total. The van der Waals surface area contributed by atoms with E-state index in [0.29, 0.717) is 5.95 Å². The molecule has 32 heavy (non-hydrogen) atoms. The van der Waals surface area contributed by atoms with E-state index in [0.717, 1.165) is 22.9 Å². The summed E-state index contributed by atoms with van der Waals surface area (Å²) in [6, 6.07) is 19.4. The van der Waals surface area contributed by atoms with Gasteiger partial charge in [-0.15, -0.1) is 0 Å². The van der Waals surface area contributed by atoms with Gasteiger partial charge in [0.25, 0.3) is 0 Å². The van der Waals surface area contributed by atoms with Gasteiger partial charge in [-0.25, -0.2) is 13.4 Å². The van der Waals surface area contributed by atoms with Crippen molar-refractivity contribution in [1.82, 2.24) is 14.8 Å². The standard InChI is InChI=1S/C18H16N5O.CHF3O3S/c1-24-15-10-8-14(9-11-15)20-18-21-23(16-6-2-4-12-19-16)17-7-3-5-13-22(17)18;2-1(3,4)8(5,6)7/h2-13H,1H3,(H,20,21);(H,5,6,7)/q+1;/p-1. The van der Waals surface area contributed by atoms with Crippen LogP contribution >= 0.6 is 0 Å². The monoisotopic (exact) mass is 467 g/mol. The molecule has 0 aliphatic heterocycles. The number of hydrogen-bond donors (Lipinski definition) is 1. The molecule has 0 saturated heterocycles. The van der Waals surface area contributed by atoms with Crippen molar-refractivity contribution in [1.29, 1.82) is 0 Å². The normalized spacial score (nSPS) is 11.5. The fraction of sp³-hybridized carbons (Fsp3) is 0.105. The van der Waals surface area contributed by atoms with E-state index in [1.807, 2.05) is 75.9 Å². The zero-order chi connectivity index (χ0) is 23.4. The second-order valence-electron chi connectivity index (χ2n) is 6.11. The number of fused-ring (bicyclic) bond motifs is 1. The van der Waals surface area contributed by atoms with Gasteiger partial charge in [0, 0.05) is 17.4 Å². The molecule has 0 spiro atoms. The van der Waals surface area contributed by atoms with E-state index in [-0.39, 0.29) is 0 Å². The predicted octanol–water partition coefficient (Wildman–Crippen LogP) is 2.81. The van der Waals surface area contributed by atoms with Gasteiger partial charge in [-0.2, -0.15) is 17.6 Å². The molecule has 3 aromatic heterocycles. The van der Waals surface area contributed by atoms with Crippen molar-refractivity contribution in [2.45, 2.75) is 5.51 Å². The third kappa shape index (κ3) is 5.31. The lowest BCUT2D eigenvalue weighted by molar-refractivity contribution is -0.496. The lowest BCUT2D eigenvalue weighted by Crippen LogP contribution is -2.22. The molecule has 0 amide bonds. The number of alkyl halides is 3. The van der Waals surface area contributed by atoms with Crippen LogP contribution in [0.3, 0.4) is 0 Å². The Morgan fingerprint density at radius 3 is 2.28 bits per heavy atom. The fourth-order valence-electron chi connectivity index (χ4n) is 2.52. The van der Waals surface area contributed by atoms with Crippen LogP contribution in [0, 0.1) is 0 Å². The summed E-state index contributed by atoms with van der Waals surface area (Å²) in [6.07, 6.45) is 3.72. The van der Waals surface area contributed by atoms with Gasteiger partial charge in [0.05, 0.1) is 19.0 Å². The number of halogens is 3. The van der Waals surface area contributed by atoms with Gasteiger partial charge in [0.1, 0.15) is 5.75 Å². The van der Waals surface area contributed by atoms with Crippen molar-refractivity contribution in [2.24, 2.45) is 0 Å². The number of benzene rings is 1. The van der Waals surface area contributed by atoms with Crippen molar-refractivity contribution in [3.8, 4) is 11.6 Å². The molecule has 0 atom stereocenters. The van der Waals surface area contributed by atoms with Gasteiger partial charge in [-0.1, -0.05) is 16.8 Å². The second kappa shape index (κ2) is 9.20. The highest BCUT2D eigenvalue weighted by Crippen LogP contribution is 2.20. The summed E-state index contributed by atoms with van der Waals surface area (Å²) in [7, 11) is -4.44. The Balaban J connectivity index is 0.000000312. The lowest BCUT2D eigenvalue weighted by Gasteiger charge is -2.08. The molecule has 0 fully saturated rings. The van der Waals surface area contributed by atoms with Crippen LogP contribution in [0.25, 0.3) is 11.5 Å². The van der Waals surface area contributed by atoms with E-state index >= 15 is 0 Å². The molecule has 13 heteroatoms. The Morgan fingerprint density at radius 2 is 1.72 bits per heavy atom. The molecule has 1 N–H and O–H groups in total. The number of aromatic nitrogens is 4. The molecule has 0 aliphatic rings. The van der Waals surface area contributed by atoms with Crippen LogP contribution in [0.5, 0.6) is 5.75 Å². The van der Waals surface area contributed by atoms with Crippen molar-refractivity contribution in [3.05, 3.63) is 73.1 Å². The molecule has 4 aromatic rings. The molecule has 4 rings (SSSR count). The molecule has 0 unspecified atom stereocenters. The molecule has 3 heterocycles. The number of hydrogen-bond acceptors (Lipinski definition) is 7. The minimum atomic E-state index is -6.09. The summed E-state index contributed by atoms with van der Waals surface area (Å²) >= 11 is 0. The molecule has 0 bridgehead atoms. The van der Waals surface area contributed by atoms with Crippen molar-refractivity contribution < 1.29 is 35.3 Å². The number of nitrogens with one attached hydrogen (secondary N) is 1. The number of ether oxygens (including phenoxy) is 1. The largest absolute Gasteiger partial charge is 0.741 e. The molecule has 0 saturated carbocycles. The SMILES string of the molecule is COc1ccc(Nc2nn(-c3ccccn3)c3cccc[n+]23)cc1.O=S(=O)([O-])C(F)(F)F. The maximum Gasteiger partial charge on any atom is 0.485 e. The number of nitrogens with zero attached hydrogens (tertiary/aromatic N) is 4. The Morgan fingerprint density at radius 1 is 1.06 bits per heavy atom. The fourth-order valence-corrected chi connectivity index (χ4v) is 2.52. The summed E-state index contributed by atoms with van der Waals surface area (Å²) in [5.41, 5.74) is -3.79. The molecule has 1 aromatic carbocycles. The smallest absolute Gasteiger partial charge is 0.485 e. The number of rotatable bonds is 4. The molecular formula is C19H16F3N5O4S. The quantitative estimate of drug-likeness (QED) is 0.279. The maximum atomic E-state index is 10.7. The second-order valence-corrected chi connectivity index (χ2v) is 7.48. The van der Waals surface area contributed by atoms with E-state index < -0.39 is 15.6 Å². The molecular weight excluding hydrogens is 451 g/mol. The first-order chi connectivity index (χ1) is 15.1. The van der Waals surface area contributed by atoms with Gasteiger partial charge in [0.15, 0.2) is 10.1 Å². The van der Waals surface area contributed by atoms with Gasteiger partial charge >= 0.3 is 11.5 Å². The predicted molar refractivity (Wildman–Crippen MR) is 107 cm³/mol. The average molecular weight is 467 g/mol. The Labute approximate surface area is 180 Å². The van der Waals surface area contributed by atoms with Crippen LogP contribution in [-0.2, 0) is 10.1 Å². The summed E-state index contributed by atoms with van der Waals surface area (Å²) in [5, 5.41) is 8.01. The molecule has 0 aliphatic carbocycles. The lowest BCUT2D eigenvalue weighted by atomic mass is 10.3. The Kier molecular flexibility index (Phi) is 6.60. The van der Waals surface area contributed by atoms with Crippen molar-refractivity contribution >= 4 is 27.4 Å². The first kappa shape index (κ1) is 23.0. The van der Waals surface area contributed by atoms with E-state index in [4.69, 9.17) is 17.7 Å². The summed E-state index contributed by atoms with van der Waals surface area (Å²) in [5.74, 6) is 2.29. The Hall–Kier alpha value is -3.71. The van der Waals surface area contributed by atoms with Crippen molar-refractivity contribution in [3.63, 3.8) is 0 Å². The maximum absolute atomic E-state index is 10.7. The average Bonchev–Trinajstić information content (AvgIpc) is 3.12. The van der Waals surface area contributed by atoms with Gasteiger partial charge in [0.2, 0.25) is 11.5 Å². The Bertz CT molecular complexity index is 1290. The topological polar surface area (TPSA) is 113 Å². The van der Waals surface area contributed by atoms with Gasteiger partial charge in [-0.3, -0.25) is 5.32 Å². The summed E-state index contributed by atoms with van der Waals surface area (Å²) in [6.45, 7) is 0. The zero-order valence-corrected chi connectivity index (χ0v) is 17.2. The third-order valence-electron chi connectivity index (χ3n) is 3.97. The van der Waals surface area contributed by atoms with Gasteiger partial charge in [-0.05, 0) is 42.5 Å². The summed E-state index contributed by atoms with van der Waals surface area (Å²) in [4.78, 5) is 4.38. The van der Waals surface area contributed by atoms with Crippen LogP contribution in [0.2, 0.25) is 0 Å². The summed E-state index contributed by atoms with van der Waals surface area (Å²) < 4.78 is 67.9. The van der Waals surface area contributed by atoms with E-state index in [2.05, 4.69) is 15.4 Å². The van der Waals surface area contributed by atoms with Crippen LogP contribution in [0.1, 0.15) is 0 Å². The first-order valence-corrected chi connectivity index (χ1v) is 10.2. The van der Waals surface area contributed by atoms with Crippen LogP contribution in [-0.4, -0.2) is 40.4 Å². The highest BCUT2D eigenvalue weighted by atomic mass is 32.2. The minimum absolute atomic E-state index is 0.710.